The number of aromatic amines is 1. The van der Waals surface area contributed by atoms with Gasteiger partial charge in [0.25, 0.3) is 0 Å². The van der Waals surface area contributed by atoms with Crippen molar-refractivity contribution in [3.8, 4) is 0 Å². The van der Waals surface area contributed by atoms with Gasteiger partial charge in [-0.2, -0.15) is 0 Å². The van der Waals surface area contributed by atoms with E-state index in [1.807, 2.05) is 37.9 Å². The third-order valence-corrected chi connectivity index (χ3v) is 3.84. The summed E-state index contributed by atoms with van der Waals surface area (Å²) in [6.45, 7) is 9.00. The van der Waals surface area contributed by atoms with E-state index < -0.39 is 0 Å². The van der Waals surface area contributed by atoms with Gasteiger partial charge in [0.2, 0.25) is 5.91 Å². The minimum atomic E-state index is -0.314. The molecule has 0 spiro atoms. The minimum Gasteiger partial charge on any atom is -0.352 e. The average Bonchev–Trinajstić information content (AvgIpc) is 2.94. The number of H-pyrrole nitrogens is 1. The van der Waals surface area contributed by atoms with Gasteiger partial charge in [0.05, 0.1) is 5.39 Å². The number of nitrogens with zero attached hydrogens (tertiary/aromatic N) is 4. The Morgan fingerprint density at radius 3 is 2.57 bits per heavy atom. The van der Waals surface area contributed by atoms with E-state index in [0.29, 0.717) is 0 Å². The number of rotatable bonds is 1. The zero-order valence-electron chi connectivity index (χ0n) is 12.8. The van der Waals surface area contributed by atoms with E-state index in [2.05, 4.69) is 19.9 Å². The molecule has 6 heteroatoms. The summed E-state index contributed by atoms with van der Waals surface area (Å²) >= 11 is 0. The predicted molar refractivity (Wildman–Crippen MR) is 82.1 cm³/mol. The van der Waals surface area contributed by atoms with Crippen LogP contribution in [0.1, 0.15) is 20.8 Å². The fraction of sp³-hybridized carbons (Fsp3) is 0.533. The number of hydrogen-bond acceptors (Lipinski definition) is 4. The molecule has 112 valence electrons. The summed E-state index contributed by atoms with van der Waals surface area (Å²) < 4.78 is 0. The molecule has 3 heterocycles. The molecule has 0 radical (unpaired) electrons. The highest BCUT2D eigenvalue weighted by molar-refractivity contribution is 5.87. The number of carbonyl (C=O) groups excluding carboxylic acids is 1. The topological polar surface area (TPSA) is 65.1 Å². The Morgan fingerprint density at radius 2 is 1.90 bits per heavy atom. The summed E-state index contributed by atoms with van der Waals surface area (Å²) in [4.78, 5) is 28.2. The van der Waals surface area contributed by atoms with Crippen LogP contribution in [0.15, 0.2) is 18.6 Å². The number of anilines is 1. The number of fused-ring (bicyclic) bond motifs is 1. The second-order valence-corrected chi connectivity index (χ2v) is 6.47. The van der Waals surface area contributed by atoms with Crippen molar-refractivity contribution in [1.29, 1.82) is 0 Å². The first-order valence-electron chi connectivity index (χ1n) is 7.29. The van der Waals surface area contributed by atoms with Crippen molar-refractivity contribution < 1.29 is 4.79 Å². The maximum Gasteiger partial charge on any atom is 0.228 e. The van der Waals surface area contributed by atoms with Gasteiger partial charge in [-0.25, -0.2) is 9.97 Å². The van der Waals surface area contributed by atoms with Crippen molar-refractivity contribution in [2.24, 2.45) is 5.41 Å². The van der Waals surface area contributed by atoms with E-state index in [1.165, 1.54) is 0 Å². The number of hydrogen-bond donors (Lipinski definition) is 1. The molecule has 1 fully saturated rings. The third kappa shape index (κ3) is 2.57. The fourth-order valence-corrected chi connectivity index (χ4v) is 2.71. The second kappa shape index (κ2) is 5.02. The minimum absolute atomic E-state index is 0.219. The van der Waals surface area contributed by atoms with Crippen molar-refractivity contribution in [2.75, 3.05) is 31.1 Å². The average molecular weight is 287 g/mol. The molecular formula is C15H21N5O. The van der Waals surface area contributed by atoms with Crippen LogP contribution in [-0.4, -0.2) is 51.9 Å². The SMILES string of the molecule is CC(C)(C)C(=O)N1CCN(c2ncnc3[nH]ccc23)CC1. The Hall–Kier alpha value is -2.11. The van der Waals surface area contributed by atoms with Crippen LogP contribution in [0.5, 0.6) is 0 Å². The van der Waals surface area contributed by atoms with E-state index in [9.17, 15) is 4.79 Å². The highest BCUT2D eigenvalue weighted by atomic mass is 16.2. The van der Waals surface area contributed by atoms with Gasteiger partial charge < -0.3 is 14.8 Å². The fourth-order valence-electron chi connectivity index (χ4n) is 2.71. The molecule has 21 heavy (non-hydrogen) atoms. The molecule has 1 aliphatic heterocycles. The van der Waals surface area contributed by atoms with Gasteiger partial charge in [0.15, 0.2) is 0 Å². The van der Waals surface area contributed by atoms with E-state index in [-0.39, 0.29) is 11.3 Å². The number of nitrogens with one attached hydrogen (secondary N) is 1. The van der Waals surface area contributed by atoms with Crippen molar-refractivity contribution in [3.05, 3.63) is 18.6 Å². The van der Waals surface area contributed by atoms with Crippen LogP contribution in [-0.2, 0) is 4.79 Å². The largest absolute Gasteiger partial charge is 0.352 e. The first-order valence-corrected chi connectivity index (χ1v) is 7.29. The van der Waals surface area contributed by atoms with Crippen LogP contribution >= 0.6 is 0 Å². The van der Waals surface area contributed by atoms with Gasteiger partial charge in [-0.15, -0.1) is 0 Å². The molecule has 6 nitrogen and oxygen atoms in total. The lowest BCUT2D eigenvalue weighted by Crippen LogP contribution is -2.51. The number of aromatic nitrogens is 3. The molecule has 1 amide bonds. The smallest absolute Gasteiger partial charge is 0.228 e. The third-order valence-electron chi connectivity index (χ3n) is 3.84. The predicted octanol–water partition coefficient (Wildman–Crippen LogP) is 1.65. The van der Waals surface area contributed by atoms with Crippen LogP contribution in [0, 0.1) is 5.41 Å². The number of carbonyl (C=O) groups is 1. The highest BCUT2D eigenvalue weighted by Crippen LogP contribution is 2.24. The normalized spacial score (nSPS) is 16.5. The molecule has 1 N–H and O–H groups in total. The summed E-state index contributed by atoms with van der Waals surface area (Å²) in [5.41, 5.74) is 0.540. The van der Waals surface area contributed by atoms with Gasteiger partial charge in [-0.3, -0.25) is 4.79 Å². The first-order chi connectivity index (χ1) is 9.97. The van der Waals surface area contributed by atoms with Crippen molar-refractivity contribution in [2.45, 2.75) is 20.8 Å². The summed E-state index contributed by atoms with van der Waals surface area (Å²) in [6.07, 6.45) is 3.46. The second-order valence-electron chi connectivity index (χ2n) is 6.47. The number of amides is 1. The lowest BCUT2D eigenvalue weighted by atomic mass is 9.94. The van der Waals surface area contributed by atoms with Gasteiger partial charge in [0.1, 0.15) is 17.8 Å². The number of piperazine rings is 1. The van der Waals surface area contributed by atoms with Crippen molar-refractivity contribution in [1.82, 2.24) is 19.9 Å². The van der Waals surface area contributed by atoms with E-state index in [4.69, 9.17) is 0 Å². The summed E-state index contributed by atoms with van der Waals surface area (Å²) in [6, 6.07) is 2.00. The zero-order valence-corrected chi connectivity index (χ0v) is 12.8. The molecule has 2 aromatic rings. The molecule has 0 saturated carbocycles. The monoisotopic (exact) mass is 287 g/mol. The molecule has 0 bridgehead atoms. The van der Waals surface area contributed by atoms with Crippen molar-refractivity contribution >= 4 is 22.8 Å². The molecule has 3 rings (SSSR count). The summed E-state index contributed by atoms with van der Waals surface area (Å²) in [5.74, 6) is 1.17. The van der Waals surface area contributed by atoms with Gasteiger partial charge in [-0.1, -0.05) is 20.8 Å². The molecule has 2 aromatic heterocycles. The Morgan fingerprint density at radius 1 is 1.19 bits per heavy atom. The van der Waals surface area contributed by atoms with Gasteiger partial charge >= 0.3 is 0 Å². The van der Waals surface area contributed by atoms with E-state index >= 15 is 0 Å². The summed E-state index contributed by atoms with van der Waals surface area (Å²) in [7, 11) is 0. The molecule has 1 saturated heterocycles. The standard InChI is InChI=1S/C15H21N5O/c1-15(2,3)14(21)20-8-6-19(7-9-20)13-11-4-5-16-12(11)17-10-18-13/h4-5,10H,6-9H2,1-3H3,(H,16,17,18). The first kappa shape index (κ1) is 13.9. The van der Waals surface area contributed by atoms with Crippen molar-refractivity contribution in [3.63, 3.8) is 0 Å². The maximum absolute atomic E-state index is 12.3. The van der Waals surface area contributed by atoms with Gasteiger partial charge in [0, 0.05) is 37.8 Å². The Bertz CT molecular complexity index is 649. The molecular weight excluding hydrogens is 266 g/mol. The van der Waals surface area contributed by atoms with Gasteiger partial charge in [-0.05, 0) is 6.07 Å². The summed E-state index contributed by atoms with van der Waals surface area (Å²) in [5, 5.41) is 1.04. The molecule has 0 atom stereocenters. The van der Waals surface area contributed by atoms with Crippen LogP contribution in [0.25, 0.3) is 11.0 Å². The molecule has 1 aliphatic rings. The Labute approximate surface area is 124 Å². The van der Waals surface area contributed by atoms with Crippen LogP contribution < -0.4 is 4.90 Å². The zero-order chi connectivity index (χ0) is 15.0. The van der Waals surface area contributed by atoms with E-state index in [0.717, 1.165) is 43.0 Å². The quantitative estimate of drug-likeness (QED) is 0.866. The van der Waals surface area contributed by atoms with E-state index in [1.54, 1.807) is 6.33 Å². The van der Waals surface area contributed by atoms with Crippen LogP contribution in [0.4, 0.5) is 5.82 Å². The van der Waals surface area contributed by atoms with Crippen LogP contribution in [0.3, 0.4) is 0 Å². The maximum atomic E-state index is 12.3. The molecule has 0 aromatic carbocycles. The Kier molecular flexibility index (Phi) is 3.31. The molecule has 0 unspecified atom stereocenters. The lowest BCUT2D eigenvalue weighted by molar-refractivity contribution is -0.139. The lowest BCUT2D eigenvalue weighted by Gasteiger charge is -2.38. The molecule has 0 aliphatic carbocycles. The Balaban J connectivity index is 1.74. The van der Waals surface area contributed by atoms with Crippen LogP contribution in [0.2, 0.25) is 0 Å². The highest BCUT2D eigenvalue weighted by Gasteiger charge is 2.30.